The molecule has 0 saturated heterocycles. The first-order chi connectivity index (χ1) is 7.21. The summed E-state index contributed by atoms with van der Waals surface area (Å²) < 4.78 is 43.4. The summed E-state index contributed by atoms with van der Waals surface area (Å²) in [5.74, 6) is -0.146. The quantitative estimate of drug-likeness (QED) is 0.724. The van der Waals surface area contributed by atoms with Gasteiger partial charge < -0.3 is 4.74 Å². The second-order valence-corrected chi connectivity index (χ2v) is 3.97. The van der Waals surface area contributed by atoms with Gasteiger partial charge in [0, 0.05) is 5.02 Å². The Morgan fingerprint density at radius 2 is 1.50 bits per heavy atom. The number of halogens is 4. The van der Waals surface area contributed by atoms with Gasteiger partial charge in [0.1, 0.15) is 11.3 Å². The van der Waals surface area contributed by atoms with Gasteiger partial charge in [0.05, 0.1) is 7.11 Å². The first-order valence-electron chi connectivity index (χ1n) is 4.62. The normalized spacial score (nSPS) is 11.8. The second-order valence-electron chi connectivity index (χ2n) is 3.59. The molecule has 0 N–H and O–H groups in total. The van der Waals surface area contributed by atoms with Crippen LogP contribution in [0.1, 0.15) is 22.3 Å². The Morgan fingerprint density at radius 3 is 1.88 bits per heavy atom. The zero-order chi connectivity index (χ0) is 12.7. The molecule has 0 aliphatic heterocycles. The van der Waals surface area contributed by atoms with Gasteiger partial charge >= 0.3 is 6.18 Å². The average Bonchev–Trinajstić information content (AvgIpc) is 2.18. The van der Waals surface area contributed by atoms with Gasteiger partial charge in [-0.25, -0.2) is 0 Å². The highest BCUT2D eigenvalue weighted by Crippen LogP contribution is 2.44. The zero-order valence-corrected chi connectivity index (χ0v) is 10.2. The minimum absolute atomic E-state index is 0.00844. The molecule has 0 atom stereocenters. The summed E-state index contributed by atoms with van der Waals surface area (Å²) in [4.78, 5) is 0. The van der Waals surface area contributed by atoms with Crippen molar-refractivity contribution in [1.82, 2.24) is 0 Å². The van der Waals surface area contributed by atoms with Crippen molar-refractivity contribution in [3.8, 4) is 5.75 Å². The maximum absolute atomic E-state index is 12.8. The third-order valence-electron chi connectivity index (χ3n) is 2.65. The van der Waals surface area contributed by atoms with Crippen molar-refractivity contribution in [2.75, 3.05) is 7.11 Å². The Hall–Kier alpha value is -0.900. The molecule has 0 aliphatic rings. The van der Waals surface area contributed by atoms with Crippen LogP contribution in [-0.4, -0.2) is 7.11 Å². The number of benzene rings is 1. The Morgan fingerprint density at radius 1 is 1.00 bits per heavy atom. The molecule has 0 bridgehead atoms. The zero-order valence-electron chi connectivity index (χ0n) is 9.42. The maximum atomic E-state index is 12.8. The highest BCUT2D eigenvalue weighted by molar-refractivity contribution is 6.32. The predicted octanol–water partition coefficient (Wildman–Crippen LogP) is 4.29. The molecule has 1 aromatic carbocycles. The number of hydrogen-bond donors (Lipinski definition) is 0. The maximum Gasteiger partial charge on any atom is 0.420 e. The van der Waals surface area contributed by atoms with E-state index in [1.807, 2.05) is 0 Å². The van der Waals surface area contributed by atoms with Crippen molar-refractivity contribution in [2.45, 2.75) is 26.9 Å². The Kier molecular flexibility index (Phi) is 3.43. The van der Waals surface area contributed by atoms with E-state index >= 15 is 0 Å². The molecule has 0 radical (unpaired) electrons. The lowest BCUT2D eigenvalue weighted by Crippen LogP contribution is -2.12. The first-order valence-corrected chi connectivity index (χ1v) is 5.00. The molecule has 0 fully saturated rings. The van der Waals surface area contributed by atoms with Crippen molar-refractivity contribution >= 4 is 11.6 Å². The molecule has 1 aromatic rings. The summed E-state index contributed by atoms with van der Waals surface area (Å²) in [6, 6.07) is 0. The molecule has 0 aromatic heterocycles. The molecule has 0 aliphatic carbocycles. The van der Waals surface area contributed by atoms with Crippen LogP contribution in [0.4, 0.5) is 13.2 Å². The van der Waals surface area contributed by atoms with E-state index in [0.29, 0.717) is 11.1 Å². The van der Waals surface area contributed by atoms with Gasteiger partial charge in [0.25, 0.3) is 0 Å². The highest BCUT2D eigenvalue weighted by atomic mass is 35.5. The third-order valence-corrected chi connectivity index (χ3v) is 3.22. The van der Waals surface area contributed by atoms with Crippen molar-refractivity contribution in [3.05, 3.63) is 27.3 Å². The molecule has 16 heavy (non-hydrogen) atoms. The number of methoxy groups -OCH3 is 1. The number of rotatable bonds is 1. The van der Waals surface area contributed by atoms with Crippen LogP contribution >= 0.6 is 11.6 Å². The summed E-state index contributed by atoms with van der Waals surface area (Å²) in [7, 11) is 1.23. The molecule has 5 heteroatoms. The van der Waals surface area contributed by atoms with Crippen molar-refractivity contribution in [1.29, 1.82) is 0 Å². The first kappa shape index (κ1) is 13.2. The molecular weight excluding hydrogens is 241 g/mol. The lowest BCUT2D eigenvalue weighted by Gasteiger charge is -2.20. The van der Waals surface area contributed by atoms with Crippen molar-refractivity contribution < 1.29 is 17.9 Å². The summed E-state index contributed by atoms with van der Waals surface area (Å²) in [6.07, 6.45) is -4.46. The van der Waals surface area contributed by atoms with E-state index in [4.69, 9.17) is 16.3 Å². The second kappa shape index (κ2) is 4.17. The summed E-state index contributed by atoms with van der Waals surface area (Å²) in [5, 5.41) is 0.144. The molecule has 0 heterocycles. The Balaban J connectivity index is 3.72. The fourth-order valence-electron chi connectivity index (χ4n) is 1.68. The van der Waals surface area contributed by atoms with Crippen LogP contribution in [0.2, 0.25) is 5.02 Å². The fraction of sp³-hybridized carbons (Fsp3) is 0.455. The average molecular weight is 253 g/mol. The minimum Gasteiger partial charge on any atom is -0.496 e. The smallest absolute Gasteiger partial charge is 0.420 e. The lowest BCUT2D eigenvalue weighted by atomic mass is 9.98. The molecule has 90 valence electrons. The van der Waals surface area contributed by atoms with Gasteiger partial charge in [-0.2, -0.15) is 13.2 Å². The predicted molar refractivity (Wildman–Crippen MR) is 57.2 cm³/mol. The number of alkyl halides is 3. The Labute approximate surface area is 97.2 Å². The van der Waals surface area contributed by atoms with Crippen LogP contribution in [0.15, 0.2) is 0 Å². The van der Waals surface area contributed by atoms with E-state index in [2.05, 4.69) is 0 Å². The molecular formula is C11H12ClF3O. The summed E-state index contributed by atoms with van der Waals surface area (Å²) in [5.41, 5.74) is 0.256. The largest absolute Gasteiger partial charge is 0.496 e. The minimum atomic E-state index is -4.46. The van der Waals surface area contributed by atoms with E-state index in [0.717, 1.165) is 0 Å². The van der Waals surface area contributed by atoms with Crippen LogP contribution in [0, 0.1) is 20.8 Å². The van der Waals surface area contributed by atoms with E-state index in [9.17, 15) is 13.2 Å². The lowest BCUT2D eigenvalue weighted by molar-refractivity contribution is -0.139. The van der Waals surface area contributed by atoms with Crippen LogP contribution in [0.25, 0.3) is 0 Å². The number of hydrogen-bond acceptors (Lipinski definition) is 1. The van der Waals surface area contributed by atoms with Crippen LogP contribution in [-0.2, 0) is 6.18 Å². The molecule has 0 amide bonds. The standard InChI is InChI=1S/C11H12ClF3O/c1-5-6(2)10(16-4)8(11(13,14)15)7(3)9(5)12/h1-4H3. The fourth-order valence-corrected chi connectivity index (χ4v) is 1.92. The van der Waals surface area contributed by atoms with E-state index < -0.39 is 11.7 Å². The van der Waals surface area contributed by atoms with Gasteiger partial charge in [-0.3, -0.25) is 0 Å². The van der Waals surface area contributed by atoms with E-state index in [1.165, 1.54) is 14.0 Å². The van der Waals surface area contributed by atoms with Crippen molar-refractivity contribution in [3.63, 3.8) is 0 Å². The van der Waals surface area contributed by atoms with Gasteiger partial charge in [0.2, 0.25) is 0 Å². The van der Waals surface area contributed by atoms with Crippen LogP contribution in [0.5, 0.6) is 5.75 Å². The molecule has 1 rings (SSSR count). The van der Waals surface area contributed by atoms with Gasteiger partial charge in [-0.05, 0) is 37.5 Å². The van der Waals surface area contributed by atoms with Crippen molar-refractivity contribution in [2.24, 2.45) is 0 Å². The Bertz CT molecular complexity index is 424. The van der Waals surface area contributed by atoms with Gasteiger partial charge in [0.15, 0.2) is 0 Å². The monoisotopic (exact) mass is 252 g/mol. The highest BCUT2D eigenvalue weighted by Gasteiger charge is 2.38. The topological polar surface area (TPSA) is 9.23 Å². The summed E-state index contributed by atoms with van der Waals surface area (Å²) in [6.45, 7) is 4.59. The third kappa shape index (κ3) is 1.98. The summed E-state index contributed by atoms with van der Waals surface area (Å²) >= 11 is 5.87. The molecule has 1 nitrogen and oxygen atoms in total. The SMILES string of the molecule is COc1c(C)c(C)c(Cl)c(C)c1C(F)(F)F. The number of ether oxygens (including phenoxy) is 1. The van der Waals surface area contributed by atoms with Crippen LogP contribution < -0.4 is 4.74 Å². The molecule has 0 spiro atoms. The van der Waals surface area contributed by atoms with Gasteiger partial charge in [-0.1, -0.05) is 11.6 Å². The molecule has 0 saturated carbocycles. The van der Waals surface area contributed by atoms with Crippen LogP contribution in [0.3, 0.4) is 0 Å². The van der Waals surface area contributed by atoms with Gasteiger partial charge in [-0.15, -0.1) is 0 Å². The van der Waals surface area contributed by atoms with E-state index in [-0.39, 0.29) is 16.3 Å². The van der Waals surface area contributed by atoms with E-state index in [1.54, 1.807) is 13.8 Å². The molecule has 0 unspecified atom stereocenters.